The van der Waals surface area contributed by atoms with Crippen molar-refractivity contribution in [3.63, 3.8) is 0 Å². The minimum atomic E-state index is -0.489. The fraction of sp³-hybridized carbons (Fsp3) is 0.312. The van der Waals surface area contributed by atoms with Crippen LogP contribution in [0.15, 0.2) is 73.6 Å². The molecule has 0 aliphatic carbocycles. The zero-order valence-corrected chi connectivity index (χ0v) is 24.9. The van der Waals surface area contributed by atoms with E-state index in [0.717, 1.165) is 40.1 Å². The average molecular weight is 611 g/mol. The lowest BCUT2D eigenvalue weighted by molar-refractivity contribution is -0.102. The molecule has 0 radical (unpaired) electrons. The monoisotopic (exact) mass is 610 g/mol. The number of aromatic nitrogens is 4. The minimum Gasteiger partial charge on any atom is -0.497 e. The van der Waals surface area contributed by atoms with Crippen LogP contribution in [0.3, 0.4) is 0 Å². The van der Waals surface area contributed by atoms with E-state index in [-0.39, 0.29) is 35.0 Å². The number of piperidine rings is 1. The highest BCUT2D eigenvalue weighted by atomic mass is 32.2. The number of carbonyl (C=O) groups is 3. The molecule has 0 unspecified atom stereocenters. The van der Waals surface area contributed by atoms with Crippen molar-refractivity contribution in [1.82, 2.24) is 29.9 Å². The Morgan fingerprint density at radius 3 is 2.66 bits per heavy atom. The lowest BCUT2D eigenvalue weighted by atomic mass is 9.79. The molecule has 3 aliphatic heterocycles. The highest BCUT2D eigenvalue weighted by Crippen LogP contribution is 2.50. The fourth-order valence-corrected chi connectivity index (χ4v) is 7.84. The number of carbonyl (C=O) groups excluding carboxylic acids is 3. The van der Waals surface area contributed by atoms with Gasteiger partial charge in [0.15, 0.2) is 0 Å². The standard InChI is InChI=1S/C32H30N6O5S/c1-3-19(16-36-17-21(34-35-36)18-43-38-30(39)24-6-4-5-7-25(24)31(38)40)20-11-13-37-28(14-20)29(44-32(37)41)23-10-12-33-27-9-8-22(42-2)15-26(23)27/h3-10,12,15,17,19-20,28-29H,1,11,13-14,16,18H2,2H3/t19-,20-,28-,29-/m0/s1. The van der Waals surface area contributed by atoms with Crippen molar-refractivity contribution in [2.24, 2.45) is 11.8 Å². The second-order valence-electron chi connectivity index (χ2n) is 11.2. The zero-order chi connectivity index (χ0) is 30.4. The summed E-state index contributed by atoms with van der Waals surface area (Å²) in [5, 5.41) is 10.3. The molecule has 11 nitrogen and oxygen atoms in total. The molecule has 4 aromatic rings. The summed E-state index contributed by atoms with van der Waals surface area (Å²) in [7, 11) is 1.65. The third kappa shape index (κ3) is 4.93. The maximum absolute atomic E-state index is 13.1. The smallest absolute Gasteiger partial charge is 0.285 e. The number of methoxy groups -OCH3 is 1. The van der Waals surface area contributed by atoms with E-state index in [1.54, 1.807) is 42.3 Å². The molecule has 2 aromatic heterocycles. The largest absolute Gasteiger partial charge is 0.497 e. The molecule has 5 heterocycles. The maximum atomic E-state index is 13.1. The number of hydrogen-bond donors (Lipinski definition) is 0. The molecule has 224 valence electrons. The average Bonchev–Trinajstić information content (AvgIpc) is 3.72. The van der Waals surface area contributed by atoms with Crippen LogP contribution in [0.1, 0.15) is 50.1 Å². The Labute approximate surface area is 257 Å². The number of thioether (sulfide) groups is 1. The molecule has 4 atom stereocenters. The Kier molecular flexibility index (Phi) is 7.39. The van der Waals surface area contributed by atoms with Gasteiger partial charge in [-0.1, -0.05) is 35.2 Å². The first-order valence-electron chi connectivity index (χ1n) is 14.5. The van der Waals surface area contributed by atoms with Crippen molar-refractivity contribution in [1.29, 1.82) is 0 Å². The Morgan fingerprint density at radius 2 is 1.91 bits per heavy atom. The number of imide groups is 1. The lowest BCUT2D eigenvalue weighted by Gasteiger charge is -2.39. The summed E-state index contributed by atoms with van der Waals surface area (Å²) >= 11 is 1.39. The molecule has 12 heteroatoms. The van der Waals surface area contributed by atoms with E-state index in [0.29, 0.717) is 29.9 Å². The van der Waals surface area contributed by atoms with Crippen LogP contribution in [0, 0.1) is 11.8 Å². The van der Waals surface area contributed by atoms with Gasteiger partial charge in [0, 0.05) is 30.7 Å². The quantitative estimate of drug-likeness (QED) is 0.189. The third-order valence-corrected chi connectivity index (χ3v) is 10.0. The normalized spacial score (nSPS) is 21.9. The first-order chi connectivity index (χ1) is 21.4. The van der Waals surface area contributed by atoms with E-state index < -0.39 is 11.8 Å². The molecule has 2 fully saturated rings. The summed E-state index contributed by atoms with van der Waals surface area (Å²) in [5.41, 5.74) is 3.11. The Bertz CT molecular complexity index is 1760. The van der Waals surface area contributed by atoms with Crippen LogP contribution in [0.25, 0.3) is 10.9 Å². The molecular formula is C32H30N6O5S. The van der Waals surface area contributed by atoms with Gasteiger partial charge in [-0.25, -0.2) is 0 Å². The van der Waals surface area contributed by atoms with Gasteiger partial charge in [0.1, 0.15) is 18.1 Å². The molecule has 2 saturated heterocycles. The molecular weight excluding hydrogens is 580 g/mol. The predicted octanol–water partition coefficient (Wildman–Crippen LogP) is 5.05. The van der Waals surface area contributed by atoms with Gasteiger partial charge in [-0.05, 0) is 66.6 Å². The summed E-state index contributed by atoms with van der Waals surface area (Å²) < 4.78 is 7.22. The Hall–Kier alpha value is -4.55. The summed E-state index contributed by atoms with van der Waals surface area (Å²) in [6.07, 6.45) is 7.23. The molecule has 3 amide bonds. The maximum Gasteiger partial charge on any atom is 0.285 e. The number of allylic oxidation sites excluding steroid dienone is 1. The molecule has 3 aliphatic rings. The molecule has 0 bridgehead atoms. The van der Waals surface area contributed by atoms with Crippen LogP contribution in [0.2, 0.25) is 0 Å². The van der Waals surface area contributed by atoms with Gasteiger partial charge in [-0.15, -0.1) is 16.7 Å². The fourth-order valence-electron chi connectivity index (χ4n) is 6.52. The van der Waals surface area contributed by atoms with Crippen molar-refractivity contribution < 1.29 is 24.0 Å². The number of pyridine rings is 1. The van der Waals surface area contributed by atoms with Crippen molar-refractivity contribution >= 4 is 39.7 Å². The molecule has 44 heavy (non-hydrogen) atoms. The van der Waals surface area contributed by atoms with Crippen molar-refractivity contribution in [3.05, 3.63) is 96.0 Å². The van der Waals surface area contributed by atoms with Gasteiger partial charge in [0.2, 0.25) is 0 Å². The van der Waals surface area contributed by atoms with E-state index in [2.05, 4.69) is 21.9 Å². The van der Waals surface area contributed by atoms with E-state index in [4.69, 9.17) is 9.57 Å². The predicted molar refractivity (Wildman–Crippen MR) is 163 cm³/mol. The summed E-state index contributed by atoms with van der Waals surface area (Å²) in [6, 6.07) is 14.5. The lowest BCUT2D eigenvalue weighted by Crippen LogP contribution is -2.43. The third-order valence-electron chi connectivity index (χ3n) is 8.78. The Balaban J connectivity index is 1.03. The molecule has 0 N–H and O–H groups in total. The number of benzene rings is 2. The summed E-state index contributed by atoms with van der Waals surface area (Å²) in [6.45, 7) is 5.30. The molecule has 0 saturated carbocycles. The summed E-state index contributed by atoms with van der Waals surface area (Å²) in [4.78, 5) is 50.4. The number of ether oxygens (including phenoxy) is 1. The van der Waals surface area contributed by atoms with Crippen LogP contribution in [-0.2, 0) is 18.0 Å². The van der Waals surface area contributed by atoms with Crippen LogP contribution in [-0.4, -0.2) is 66.7 Å². The number of hydroxylamine groups is 2. The van der Waals surface area contributed by atoms with E-state index in [9.17, 15) is 14.4 Å². The van der Waals surface area contributed by atoms with Crippen molar-refractivity contribution in [2.75, 3.05) is 13.7 Å². The SMILES string of the molecule is C=C[C@@H](Cn1cc(CON2C(=O)c3ccccc3C2=O)nn1)[C@H]1CCN2C(=O)S[C@@H](c3ccnc4ccc(OC)cc34)[C@@H]2C1. The molecule has 2 aromatic carbocycles. The van der Waals surface area contributed by atoms with Gasteiger partial charge in [0.05, 0.1) is 35.2 Å². The topological polar surface area (TPSA) is 120 Å². The van der Waals surface area contributed by atoms with E-state index in [1.165, 1.54) is 11.8 Å². The van der Waals surface area contributed by atoms with Crippen LogP contribution >= 0.6 is 11.8 Å². The molecule has 0 spiro atoms. The van der Waals surface area contributed by atoms with Crippen LogP contribution < -0.4 is 4.74 Å². The highest BCUT2D eigenvalue weighted by Gasteiger charge is 2.46. The Morgan fingerprint density at radius 1 is 1.11 bits per heavy atom. The first-order valence-corrected chi connectivity index (χ1v) is 15.4. The van der Waals surface area contributed by atoms with E-state index >= 15 is 0 Å². The van der Waals surface area contributed by atoms with Crippen molar-refractivity contribution in [2.45, 2.75) is 37.3 Å². The second-order valence-corrected chi connectivity index (χ2v) is 12.3. The second kappa shape index (κ2) is 11.5. The van der Waals surface area contributed by atoms with Crippen LogP contribution in [0.5, 0.6) is 5.75 Å². The minimum absolute atomic E-state index is 0.0226. The van der Waals surface area contributed by atoms with Gasteiger partial charge in [0.25, 0.3) is 17.1 Å². The zero-order valence-electron chi connectivity index (χ0n) is 24.0. The molecule has 7 rings (SSSR count). The number of amides is 3. The van der Waals surface area contributed by atoms with Gasteiger partial charge in [-0.3, -0.25) is 28.9 Å². The number of fused-ring (bicyclic) bond motifs is 3. The van der Waals surface area contributed by atoms with Gasteiger partial charge < -0.3 is 9.64 Å². The van der Waals surface area contributed by atoms with Crippen LogP contribution in [0.4, 0.5) is 4.79 Å². The first kappa shape index (κ1) is 28.2. The summed E-state index contributed by atoms with van der Waals surface area (Å²) in [5.74, 6) is 0.160. The van der Waals surface area contributed by atoms with Gasteiger partial charge in [-0.2, -0.15) is 0 Å². The number of rotatable bonds is 9. The van der Waals surface area contributed by atoms with E-state index in [1.807, 2.05) is 41.4 Å². The highest BCUT2D eigenvalue weighted by molar-refractivity contribution is 8.14. The van der Waals surface area contributed by atoms with Gasteiger partial charge >= 0.3 is 0 Å². The number of nitrogens with zero attached hydrogens (tertiary/aromatic N) is 6. The number of hydrogen-bond acceptors (Lipinski definition) is 9. The van der Waals surface area contributed by atoms with Crippen molar-refractivity contribution in [3.8, 4) is 5.75 Å².